The van der Waals surface area contributed by atoms with E-state index in [4.69, 9.17) is 17.3 Å². The van der Waals surface area contributed by atoms with Gasteiger partial charge in [-0.3, -0.25) is 10.1 Å². The number of hydrogen-bond acceptors (Lipinski definition) is 5. The maximum absolute atomic E-state index is 10.9. The lowest BCUT2D eigenvalue weighted by Gasteiger charge is -2.09. The van der Waals surface area contributed by atoms with E-state index in [1.54, 1.807) is 18.2 Å². The molecular formula is C11H8BrClN4O2. The summed E-state index contributed by atoms with van der Waals surface area (Å²) in [4.78, 5) is 14.3. The molecule has 1 aromatic carbocycles. The summed E-state index contributed by atoms with van der Waals surface area (Å²) in [5.41, 5.74) is 5.94. The van der Waals surface area contributed by atoms with Gasteiger partial charge in [0.2, 0.25) is 5.82 Å². The number of nitro groups is 1. The fraction of sp³-hybridized carbons (Fsp3) is 0. The molecule has 1 heterocycles. The maximum atomic E-state index is 10.9. The predicted octanol–water partition coefficient (Wildman–Crippen LogP) is 3.73. The van der Waals surface area contributed by atoms with Crippen molar-refractivity contribution in [3.05, 3.63) is 49.9 Å². The fourth-order valence-corrected chi connectivity index (χ4v) is 1.94. The summed E-state index contributed by atoms with van der Waals surface area (Å²) < 4.78 is 0.704. The van der Waals surface area contributed by atoms with Gasteiger partial charge in [-0.2, -0.15) is 0 Å². The first kappa shape index (κ1) is 13.6. The lowest BCUT2D eigenvalue weighted by atomic mass is 10.3. The van der Waals surface area contributed by atoms with Crippen molar-refractivity contribution in [1.29, 1.82) is 0 Å². The number of nitrogen functional groups attached to an aromatic ring is 1. The quantitative estimate of drug-likeness (QED) is 0.654. The maximum Gasteiger partial charge on any atom is 0.311 e. The molecule has 0 amide bonds. The Morgan fingerprint density at radius 1 is 1.37 bits per heavy atom. The Balaban J connectivity index is 2.45. The van der Waals surface area contributed by atoms with Crippen LogP contribution in [0.25, 0.3) is 0 Å². The monoisotopic (exact) mass is 342 g/mol. The average Bonchev–Trinajstić information content (AvgIpc) is 2.33. The van der Waals surface area contributed by atoms with E-state index in [1.165, 1.54) is 12.1 Å². The molecule has 0 unspecified atom stereocenters. The van der Waals surface area contributed by atoms with Crippen molar-refractivity contribution < 1.29 is 4.92 Å². The van der Waals surface area contributed by atoms with Crippen LogP contribution in [0.3, 0.4) is 0 Å². The van der Waals surface area contributed by atoms with Crippen LogP contribution >= 0.6 is 27.5 Å². The highest BCUT2D eigenvalue weighted by Gasteiger charge is 2.16. The topological polar surface area (TPSA) is 94.1 Å². The van der Waals surface area contributed by atoms with Crippen LogP contribution in [0.2, 0.25) is 5.02 Å². The second-order valence-electron chi connectivity index (χ2n) is 3.61. The molecule has 0 radical (unpaired) electrons. The van der Waals surface area contributed by atoms with Gasteiger partial charge < -0.3 is 11.1 Å². The second-order valence-corrected chi connectivity index (χ2v) is 4.90. The van der Waals surface area contributed by atoms with E-state index < -0.39 is 4.92 Å². The molecule has 0 saturated carbocycles. The normalized spacial score (nSPS) is 10.2. The summed E-state index contributed by atoms with van der Waals surface area (Å²) >= 11 is 9.19. The van der Waals surface area contributed by atoms with Gasteiger partial charge in [-0.05, 0) is 40.2 Å². The molecule has 1 aromatic heterocycles. The van der Waals surface area contributed by atoms with E-state index in [0.717, 1.165) is 0 Å². The molecule has 3 N–H and O–H groups in total. The molecule has 6 nitrogen and oxygen atoms in total. The summed E-state index contributed by atoms with van der Waals surface area (Å²) in [7, 11) is 0. The van der Waals surface area contributed by atoms with Crippen molar-refractivity contribution >= 4 is 50.5 Å². The minimum atomic E-state index is -0.534. The van der Waals surface area contributed by atoms with Gasteiger partial charge in [0.1, 0.15) is 5.82 Å². The SMILES string of the molecule is Nc1ccc([N+](=O)[O-])c(Nc2cc(Cl)ccc2Br)n1. The van der Waals surface area contributed by atoms with Crippen molar-refractivity contribution in [2.75, 3.05) is 11.1 Å². The Labute approximate surface area is 121 Å². The van der Waals surface area contributed by atoms with Gasteiger partial charge in [-0.25, -0.2) is 4.98 Å². The summed E-state index contributed by atoms with van der Waals surface area (Å²) in [6, 6.07) is 7.71. The van der Waals surface area contributed by atoms with E-state index in [-0.39, 0.29) is 17.3 Å². The van der Waals surface area contributed by atoms with Crippen LogP contribution in [0.4, 0.5) is 23.0 Å². The molecule has 8 heteroatoms. The molecular weight excluding hydrogens is 336 g/mol. The van der Waals surface area contributed by atoms with Crippen LogP contribution in [-0.2, 0) is 0 Å². The highest BCUT2D eigenvalue weighted by atomic mass is 79.9. The van der Waals surface area contributed by atoms with Gasteiger partial charge in [-0.1, -0.05) is 11.6 Å². The van der Waals surface area contributed by atoms with Gasteiger partial charge in [-0.15, -0.1) is 0 Å². The number of pyridine rings is 1. The fourth-order valence-electron chi connectivity index (χ4n) is 1.43. The Hall–Kier alpha value is -1.86. The van der Waals surface area contributed by atoms with E-state index in [0.29, 0.717) is 15.2 Å². The molecule has 0 aliphatic rings. The lowest BCUT2D eigenvalue weighted by molar-refractivity contribution is -0.384. The van der Waals surface area contributed by atoms with Crippen molar-refractivity contribution in [2.24, 2.45) is 0 Å². The zero-order valence-corrected chi connectivity index (χ0v) is 11.8. The molecule has 0 saturated heterocycles. The highest BCUT2D eigenvalue weighted by molar-refractivity contribution is 9.10. The number of benzene rings is 1. The molecule has 0 fully saturated rings. The number of halogens is 2. The van der Waals surface area contributed by atoms with Crippen LogP contribution in [0.15, 0.2) is 34.8 Å². The van der Waals surface area contributed by atoms with Gasteiger partial charge >= 0.3 is 5.69 Å². The number of nitrogens with zero attached hydrogens (tertiary/aromatic N) is 2. The van der Waals surface area contributed by atoms with Crippen LogP contribution < -0.4 is 11.1 Å². The largest absolute Gasteiger partial charge is 0.384 e. The van der Waals surface area contributed by atoms with E-state index in [9.17, 15) is 10.1 Å². The molecule has 2 aromatic rings. The minimum absolute atomic E-state index is 0.0629. The Bertz CT molecular complexity index is 651. The average molecular weight is 344 g/mol. The lowest BCUT2D eigenvalue weighted by Crippen LogP contribution is -2.02. The first-order valence-electron chi connectivity index (χ1n) is 5.10. The summed E-state index contributed by atoms with van der Waals surface area (Å²) in [6.07, 6.45) is 0. The zero-order valence-electron chi connectivity index (χ0n) is 9.43. The first-order valence-corrected chi connectivity index (χ1v) is 6.27. The molecule has 0 aliphatic carbocycles. The van der Waals surface area contributed by atoms with E-state index >= 15 is 0 Å². The number of anilines is 3. The van der Waals surface area contributed by atoms with E-state index in [2.05, 4.69) is 26.2 Å². The van der Waals surface area contributed by atoms with Crippen LogP contribution in [0.1, 0.15) is 0 Å². The summed E-state index contributed by atoms with van der Waals surface area (Å²) in [5, 5.41) is 14.3. The van der Waals surface area contributed by atoms with Crippen molar-refractivity contribution in [2.45, 2.75) is 0 Å². The van der Waals surface area contributed by atoms with E-state index in [1.807, 2.05) is 0 Å². The number of hydrogen-bond donors (Lipinski definition) is 2. The molecule has 0 atom stereocenters. The molecule has 19 heavy (non-hydrogen) atoms. The molecule has 2 rings (SSSR count). The summed E-state index contributed by atoms with van der Waals surface area (Å²) in [6.45, 7) is 0. The van der Waals surface area contributed by atoms with Gasteiger partial charge in [0.25, 0.3) is 0 Å². The number of nitrogens with two attached hydrogens (primary N) is 1. The van der Waals surface area contributed by atoms with Crippen molar-refractivity contribution in [1.82, 2.24) is 4.98 Å². The van der Waals surface area contributed by atoms with Crippen molar-refractivity contribution in [3.63, 3.8) is 0 Å². The van der Waals surface area contributed by atoms with Crippen molar-refractivity contribution in [3.8, 4) is 0 Å². The van der Waals surface area contributed by atoms with Crippen LogP contribution in [0.5, 0.6) is 0 Å². The molecule has 0 aliphatic heterocycles. The number of rotatable bonds is 3. The first-order chi connectivity index (χ1) is 8.97. The number of nitrogens with one attached hydrogen (secondary N) is 1. The van der Waals surface area contributed by atoms with Crippen LogP contribution in [-0.4, -0.2) is 9.91 Å². The third kappa shape index (κ3) is 3.12. The molecule has 0 spiro atoms. The molecule has 0 bridgehead atoms. The van der Waals surface area contributed by atoms with Crippen LogP contribution in [0, 0.1) is 10.1 Å². The Morgan fingerprint density at radius 2 is 2.11 bits per heavy atom. The van der Waals surface area contributed by atoms with Gasteiger partial charge in [0.05, 0.1) is 10.6 Å². The smallest absolute Gasteiger partial charge is 0.311 e. The zero-order chi connectivity index (χ0) is 14.0. The third-order valence-electron chi connectivity index (χ3n) is 2.27. The minimum Gasteiger partial charge on any atom is -0.384 e. The predicted molar refractivity (Wildman–Crippen MR) is 77.7 cm³/mol. The second kappa shape index (κ2) is 5.41. The molecule has 98 valence electrons. The van der Waals surface area contributed by atoms with Gasteiger partial charge in [0, 0.05) is 15.6 Å². The highest BCUT2D eigenvalue weighted by Crippen LogP contribution is 2.32. The van der Waals surface area contributed by atoms with Gasteiger partial charge in [0.15, 0.2) is 0 Å². The number of aromatic nitrogens is 1. The Kier molecular flexibility index (Phi) is 3.87. The standard InChI is InChI=1S/C11H8BrClN4O2/c12-7-2-1-6(13)5-8(7)15-11-9(17(18)19)3-4-10(14)16-11/h1-5H,(H3,14,15,16). The Morgan fingerprint density at radius 3 is 2.79 bits per heavy atom. The third-order valence-corrected chi connectivity index (χ3v) is 3.20. The summed E-state index contributed by atoms with van der Waals surface area (Å²) in [5.74, 6) is 0.249.